The van der Waals surface area contributed by atoms with E-state index in [4.69, 9.17) is 4.74 Å². The molecule has 5 rings (SSSR count). The maximum Gasteiger partial charge on any atom is 0.272 e. The minimum absolute atomic E-state index is 0.00144. The number of methoxy groups -OCH3 is 1. The van der Waals surface area contributed by atoms with Gasteiger partial charge in [-0.15, -0.1) is 0 Å². The summed E-state index contributed by atoms with van der Waals surface area (Å²) >= 11 is 0. The van der Waals surface area contributed by atoms with Crippen molar-refractivity contribution in [3.05, 3.63) is 78.8 Å². The van der Waals surface area contributed by atoms with E-state index in [0.717, 1.165) is 34.1 Å². The van der Waals surface area contributed by atoms with Crippen molar-refractivity contribution in [3.8, 4) is 28.3 Å². The van der Waals surface area contributed by atoms with Crippen LogP contribution < -0.4 is 9.64 Å². The van der Waals surface area contributed by atoms with Crippen LogP contribution in [-0.4, -0.2) is 63.8 Å². The first kappa shape index (κ1) is 21.6. The summed E-state index contributed by atoms with van der Waals surface area (Å²) in [6.07, 6.45) is 1.59. The summed E-state index contributed by atoms with van der Waals surface area (Å²) in [7, 11) is 3.47. The lowest BCUT2D eigenvalue weighted by Crippen LogP contribution is -2.49. The number of hydrogen-bond donors (Lipinski definition) is 0. The van der Waals surface area contributed by atoms with Crippen LogP contribution in [-0.2, 0) is 7.05 Å². The van der Waals surface area contributed by atoms with Crippen molar-refractivity contribution in [1.82, 2.24) is 24.6 Å². The van der Waals surface area contributed by atoms with Gasteiger partial charge in [-0.05, 0) is 30.3 Å². The molecular formula is C26H26N6O2. The van der Waals surface area contributed by atoms with Crippen molar-refractivity contribution in [2.75, 3.05) is 38.2 Å². The van der Waals surface area contributed by atoms with E-state index < -0.39 is 0 Å². The van der Waals surface area contributed by atoms with Crippen LogP contribution in [0.5, 0.6) is 5.75 Å². The average molecular weight is 455 g/mol. The second-order valence-electron chi connectivity index (χ2n) is 8.17. The number of aryl methyl sites for hydroxylation is 1. The third-order valence-corrected chi connectivity index (χ3v) is 6.10. The summed E-state index contributed by atoms with van der Waals surface area (Å²) in [5, 5.41) is 4.54. The van der Waals surface area contributed by atoms with Crippen LogP contribution in [0.3, 0.4) is 0 Å². The fourth-order valence-corrected chi connectivity index (χ4v) is 4.16. The number of rotatable bonds is 5. The maximum atomic E-state index is 13.2. The van der Waals surface area contributed by atoms with Crippen molar-refractivity contribution in [1.29, 1.82) is 0 Å². The van der Waals surface area contributed by atoms with Crippen LogP contribution in [0.2, 0.25) is 0 Å². The van der Waals surface area contributed by atoms with Crippen LogP contribution in [0.4, 0.5) is 5.82 Å². The molecule has 0 unspecified atom stereocenters. The van der Waals surface area contributed by atoms with E-state index in [1.165, 1.54) is 0 Å². The third-order valence-electron chi connectivity index (χ3n) is 6.10. The summed E-state index contributed by atoms with van der Waals surface area (Å²) in [5.41, 5.74) is 4.25. The Morgan fingerprint density at radius 1 is 0.853 bits per heavy atom. The van der Waals surface area contributed by atoms with E-state index >= 15 is 0 Å². The van der Waals surface area contributed by atoms with Gasteiger partial charge >= 0.3 is 0 Å². The molecule has 2 aromatic heterocycles. The summed E-state index contributed by atoms with van der Waals surface area (Å²) in [4.78, 5) is 26.2. The van der Waals surface area contributed by atoms with Gasteiger partial charge in [0.2, 0.25) is 0 Å². The number of anilines is 1. The molecule has 1 amide bonds. The van der Waals surface area contributed by atoms with Crippen LogP contribution >= 0.6 is 0 Å². The van der Waals surface area contributed by atoms with Gasteiger partial charge in [0.25, 0.3) is 5.91 Å². The standard InChI is InChI=1S/C26H26N6O2/c1-30-24(16-23(29-30)19-6-4-3-5-7-19)26(33)32-14-12-31(13-15-32)25-17-22(27-18-28-25)20-8-10-21(34-2)11-9-20/h3-11,16-18H,12-15H2,1-2H3. The fourth-order valence-electron chi connectivity index (χ4n) is 4.16. The minimum atomic E-state index is -0.00144. The van der Waals surface area contributed by atoms with Gasteiger partial charge in [-0.1, -0.05) is 30.3 Å². The van der Waals surface area contributed by atoms with Crippen LogP contribution in [0.25, 0.3) is 22.5 Å². The zero-order valence-corrected chi connectivity index (χ0v) is 19.3. The minimum Gasteiger partial charge on any atom is -0.497 e. The number of nitrogens with zero attached hydrogens (tertiary/aromatic N) is 6. The Morgan fingerprint density at radius 3 is 2.26 bits per heavy atom. The molecule has 1 saturated heterocycles. The number of hydrogen-bond acceptors (Lipinski definition) is 6. The Labute approximate surface area is 198 Å². The Kier molecular flexibility index (Phi) is 5.95. The average Bonchev–Trinajstić information content (AvgIpc) is 3.30. The molecular weight excluding hydrogens is 428 g/mol. The van der Waals surface area contributed by atoms with Crippen LogP contribution in [0, 0.1) is 0 Å². The number of piperazine rings is 1. The van der Waals surface area contributed by atoms with Crippen molar-refractivity contribution in [2.45, 2.75) is 0 Å². The molecule has 0 atom stereocenters. The van der Waals surface area contributed by atoms with Gasteiger partial charge in [-0.2, -0.15) is 5.10 Å². The topological polar surface area (TPSA) is 76.4 Å². The molecule has 0 radical (unpaired) electrons. The molecule has 172 valence electrons. The van der Waals surface area contributed by atoms with E-state index in [-0.39, 0.29) is 5.91 Å². The number of ether oxygens (including phenoxy) is 1. The quantitative estimate of drug-likeness (QED) is 0.459. The molecule has 1 aliphatic rings. The van der Waals surface area contributed by atoms with E-state index in [9.17, 15) is 4.79 Å². The largest absolute Gasteiger partial charge is 0.497 e. The predicted molar refractivity (Wildman–Crippen MR) is 131 cm³/mol. The normalized spacial score (nSPS) is 13.7. The fraction of sp³-hybridized carbons (Fsp3) is 0.231. The van der Waals surface area contributed by atoms with Crippen LogP contribution in [0.15, 0.2) is 73.1 Å². The lowest BCUT2D eigenvalue weighted by atomic mass is 10.1. The Bertz CT molecular complexity index is 1280. The Morgan fingerprint density at radius 2 is 1.56 bits per heavy atom. The Hall–Kier alpha value is -4.20. The van der Waals surface area contributed by atoms with E-state index in [2.05, 4.69) is 20.0 Å². The summed E-state index contributed by atoms with van der Waals surface area (Å²) < 4.78 is 6.91. The number of carbonyl (C=O) groups is 1. The molecule has 0 N–H and O–H groups in total. The first-order valence-electron chi connectivity index (χ1n) is 11.2. The van der Waals surface area contributed by atoms with Crippen LogP contribution in [0.1, 0.15) is 10.5 Å². The molecule has 2 aromatic carbocycles. The summed E-state index contributed by atoms with van der Waals surface area (Å²) in [5.74, 6) is 1.67. The highest BCUT2D eigenvalue weighted by Crippen LogP contribution is 2.24. The molecule has 0 aliphatic carbocycles. The molecule has 8 heteroatoms. The van der Waals surface area contributed by atoms with Gasteiger partial charge in [0.1, 0.15) is 23.6 Å². The van der Waals surface area contributed by atoms with Gasteiger partial charge in [0, 0.05) is 50.4 Å². The number of carbonyl (C=O) groups excluding carboxylic acids is 1. The third kappa shape index (κ3) is 4.34. The monoisotopic (exact) mass is 454 g/mol. The van der Waals surface area contributed by atoms with Crippen molar-refractivity contribution in [2.24, 2.45) is 7.05 Å². The van der Waals surface area contributed by atoms with Gasteiger partial charge < -0.3 is 14.5 Å². The molecule has 0 bridgehead atoms. The summed E-state index contributed by atoms with van der Waals surface area (Å²) in [6, 6.07) is 21.6. The van der Waals surface area contributed by atoms with Gasteiger partial charge in [0.15, 0.2) is 0 Å². The summed E-state index contributed by atoms with van der Waals surface area (Å²) in [6.45, 7) is 2.64. The lowest BCUT2D eigenvalue weighted by molar-refractivity contribution is 0.0735. The first-order chi connectivity index (χ1) is 16.6. The zero-order chi connectivity index (χ0) is 23.5. The first-order valence-corrected chi connectivity index (χ1v) is 11.2. The van der Waals surface area contributed by atoms with Gasteiger partial charge in [-0.3, -0.25) is 9.48 Å². The smallest absolute Gasteiger partial charge is 0.272 e. The van der Waals surface area contributed by atoms with Crippen molar-refractivity contribution < 1.29 is 9.53 Å². The highest BCUT2D eigenvalue weighted by Gasteiger charge is 2.25. The van der Waals surface area contributed by atoms with E-state index in [0.29, 0.717) is 31.9 Å². The SMILES string of the molecule is COc1ccc(-c2cc(N3CCN(C(=O)c4cc(-c5ccccc5)nn4C)CC3)ncn2)cc1. The lowest BCUT2D eigenvalue weighted by Gasteiger charge is -2.35. The maximum absolute atomic E-state index is 13.2. The number of benzene rings is 2. The van der Waals surface area contributed by atoms with Crippen molar-refractivity contribution in [3.63, 3.8) is 0 Å². The van der Waals surface area contributed by atoms with E-state index in [1.807, 2.05) is 78.7 Å². The highest BCUT2D eigenvalue weighted by molar-refractivity contribution is 5.94. The molecule has 0 spiro atoms. The highest BCUT2D eigenvalue weighted by atomic mass is 16.5. The molecule has 0 saturated carbocycles. The molecule has 4 aromatic rings. The number of amides is 1. The Balaban J connectivity index is 1.26. The number of aromatic nitrogens is 4. The molecule has 8 nitrogen and oxygen atoms in total. The van der Waals surface area contributed by atoms with E-state index in [1.54, 1.807) is 18.1 Å². The molecule has 34 heavy (non-hydrogen) atoms. The van der Waals surface area contributed by atoms with Crippen molar-refractivity contribution >= 4 is 11.7 Å². The molecule has 1 fully saturated rings. The molecule has 1 aliphatic heterocycles. The second-order valence-corrected chi connectivity index (χ2v) is 8.17. The molecule has 3 heterocycles. The van der Waals surface area contributed by atoms with Gasteiger partial charge in [0.05, 0.1) is 18.5 Å². The predicted octanol–water partition coefficient (Wildman–Crippen LogP) is 3.52. The second kappa shape index (κ2) is 9.35. The van der Waals surface area contributed by atoms with Gasteiger partial charge in [-0.25, -0.2) is 9.97 Å². The zero-order valence-electron chi connectivity index (χ0n) is 19.3.